The van der Waals surface area contributed by atoms with E-state index < -0.39 is 10.0 Å². The van der Waals surface area contributed by atoms with Crippen molar-refractivity contribution in [3.63, 3.8) is 0 Å². The van der Waals surface area contributed by atoms with Crippen LogP contribution in [0.1, 0.15) is 12.8 Å². The molecule has 146 valence electrons. The molecule has 0 spiro atoms. The Bertz CT molecular complexity index is 1140. The van der Waals surface area contributed by atoms with Crippen LogP contribution in [-0.2, 0) is 10.0 Å². The molecule has 5 rings (SSSR count). The number of hydrogen-bond acceptors (Lipinski definition) is 6. The van der Waals surface area contributed by atoms with Crippen LogP contribution in [-0.4, -0.2) is 63.9 Å². The topological polar surface area (TPSA) is 84.2 Å². The molecule has 0 amide bonds. The summed E-state index contributed by atoms with van der Waals surface area (Å²) in [5.74, 6) is 0.779. The van der Waals surface area contributed by atoms with Gasteiger partial charge in [0.05, 0.1) is 22.5 Å². The zero-order valence-corrected chi connectivity index (χ0v) is 16.6. The lowest BCUT2D eigenvalue weighted by Gasteiger charge is -2.34. The normalized spacial score (nSPS) is 18.7. The third-order valence-electron chi connectivity index (χ3n) is 5.24. The minimum Gasteiger partial charge on any atom is -0.353 e. The largest absolute Gasteiger partial charge is 0.353 e. The van der Waals surface area contributed by atoms with E-state index in [2.05, 4.69) is 20.0 Å². The third-order valence-corrected chi connectivity index (χ3v) is 7.88. The minimum absolute atomic E-state index is 0.166. The van der Waals surface area contributed by atoms with Crippen LogP contribution >= 0.6 is 11.6 Å². The van der Waals surface area contributed by atoms with E-state index in [1.54, 1.807) is 15.2 Å². The van der Waals surface area contributed by atoms with Crippen molar-refractivity contribution in [1.29, 1.82) is 0 Å². The van der Waals surface area contributed by atoms with E-state index in [-0.39, 0.29) is 5.25 Å². The summed E-state index contributed by atoms with van der Waals surface area (Å²) < 4.78 is 28.3. The Morgan fingerprint density at radius 3 is 2.57 bits per heavy atom. The summed E-state index contributed by atoms with van der Waals surface area (Å²) in [7, 11) is -3.13. The molecule has 2 aliphatic rings. The maximum absolute atomic E-state index is 12.4. The molecule has 10 heteroatoms. The molecule has 28 heavy (non-hydrogen) atoms. The molecule has 0 bridgehead atoms. The Balaban J connectivity index is 1.43. The van der Waals surface area contributed by atoms with Gasteiger partial charge in [-0.2, -0.15) is 9.40 Å². The molecule has 2 aromatic heterocycles. The van der Waals surface area contributed by atoms with Crippen molar-refractivity contribution in [3.8, 4) is 5.69 Å². The molecule has 3 heterocycles. The fourth-order valence-corrected chi connectivity index (χ4v) is 5.62. The zero-order valence-electron chi connectivity index (χ0n) is 15.1. The van der Waals surface area contributed by atoms with Gasteiger partial charge in [0.25, 0.3) is 0 Å². The van der Waals surface area contributed by atoms with Crippen molar-refractivity contribution in [1.82, 2.24) is 24.1 Å². The standard InChI is InChI=1S/C18H19ClN6O2S/c19-13-2-1-3-14(10-13)25-18-16(11-22-25)17(20-12-21-18)23-6-8-24(9-7-23)28(26,27)15-4-5-15/h1-3,10-12,15H,4-9H2. The number of hydrogen-bond donors (Lipinski definition) is 0. The second kappa shape index (κ2) is 6.68. The first-order valence-electron chi connectivity index (χ1n) is 9.22. The second-order valence-corrected chi connectivity index (χ2v) is 9.75. The number of piperazine rings is 1. The van der Waals surface area contributed by atoms with Crippen LogP contribution in [0, 0.1) is 0 Å². The van der Waals surface area contributed by atoms with Gasteiger partial charge >= 0.3 is 0 Å². The van der Waals surface area contributed by atoms with E-state index in [0.29, 0.717) is 36.8 Å². The van der Waals surface area contributed by atoms with Crippen molar-refractivity contribution >= 4 is 38.5 Å². The lowest BCUT2D eigenvalue weighted by atomic mass is 10.3. The van der Waals surface area contributed by atoms with Crippen molar-refractivity contribution < 1.29 is 8.42 Å². The summed E-state index contributed by atoms with van der Waals surface area (Å²) >= 11 is 6.11. The number of nitrogens with zero attached hydrogens (tertiary/aromatic N) is 6. The number of sulfonamides is 1. The molecule has 1 aromatic carbocycles. The fraction of sp³-hybridized carbons (Fsp3) is 0.389. The van der Waals surface area contributed by atoms with Crippen LogP contribution in [0.15, 0.2) is 36.8 Å². The highest BCUT2D eigenvalue weighted by molar-refractivity contribution is 7.90. The van der Waals surface area contributed by atoms with E-state index in [4.69, 9.17) is 11.6 Å². The highest BCUT2D eigenvalue weighted by Crippen LogP contribution is 2.32. The van der Waals surface area contributed by atoms with Crippen LogP contribution in [0.3, 0.4) is 0 Å². The molecule has 1 aliphatic carbocycles. The van der Waals surface area contributed by atoms with Gasteiger partial charge in [-0.05, 0) is 31.0 Å². The molecule has 8 nitrogen and oxygen atoms in total. The lowest BCUT2D eigenvalue weighted by Crippen LogP contribution is -2.49. The number of fused-ring (bicyclic) bond motifs is 1. The van der Waals surface area contributed by atoms with Gasteiger partial charge in [0.15, 0.2) is 5.65 Å². The first-order valence-corrected chi connectivity index (χ1v) is 11.1. The van der Waals surface area contributed by atoms with Gasteiger partial charge in [-0.3, -0.25) is 0 Å². The molecule has 0 N–H and O–H groups in total. The molecule has 0 atom stereocenters. The Morgan fingerprint density at radius 1 is 1.07 bits per heavy atom. The molecule has 0 radical (unpaired) electrons. The summed E-state index contributed by atoms with van der Waals surface area (Å²) in [6, 6.07) is 7.43. The van der Waals surface area contributed by atoms with Crippen molar-refractivity contribution in [2.45, 2.75) is 18.1 Å². The summed E-state index contributed by atoms with van der Waals surface area (Å²) in [4.78, 5) is 11.0. The Labute approximate surface area is 167 Å². The monoisotopic (exact) mass is 418 g/mol. The quantitative estimate of drug-likeness (QED) is 0.645. The van der Waals surface area contributed by atoms with E-state index in [9.17, 15) is 8.42 Å². The second-order valence-electron chi connectivity index (χ2n) is 7.10. The summed E-state index contributed by atoms with van der Waals surface area (Å²) in [6.45, 7) is 2.15. The SMILES string of the molecule is O=S(=O)(C1CC1)N1CCN(c2ncnc3c2cnn3-c2cccc(Cl)c2)CC1. The lowest BCUT2D eigenvalue weighted by molar-refractivity contribution is 0.383. The smallest absolute Gasteiger partial charge is 0.217 e. The van der Waals surface area contributed by atoms with Gasteiger partial charge in [-0.1, -0.05) is 17.7 Å². The van der Waals surface area contributed by atoms with Gasteiger partial charge in [-0.25, -0.2) is 23.1 Å². The predicted octanol–water partition coefficient (Wildman–Crippen LogP) is 2.08. The van der Waals surface area contributed by atoms with Crippen molar-refractivity contribution in [2.24, 2.45) is 0 Å². The maximum atomic E-state index is 12.4. The van der Waals surface area contributed by atoms with Crippen LogP contribution in [0.4, 0.5) is 5.82 Å². The molecule has 1 aliphatic heterocycles. The van der Waals surface area contributed by atoms with Gasteiger partial charge in [0.1, 0.15) is 12.1 Å². The van der Waals surface area contributed by atoms with E-state index >= 15 is 0 Å². The Kier molecular flexibility index (Phi) is 4.26. The number of benzene rings is 1. The molecular weight excluding hydrogens is 400 g/mol. The Morgan fingerprint density at radius 2 is 1.86 bits per heavy atom. The molecule has 1 saturated heterocycles. The fourth-order valence-electron chi connectivity index (χ4n) is 3.61. The van der Waals surface area contributed by atoms with Crippen LogP contribution in [0.25, 0.3) is 16.7 Å². The zero-order chi connectivity index (χ0) is 19.3. The van der Waals surface area contributed by atoms with Crippen molar-refractivity contribution in [2.75, 3.05) is 31.1 Å². The highest BCUT2D eigenvalue weighted by Gasteiger charge is 2.41. The molecule has 1 saturated carbocycles. The Hall–Kier alpha value is -2.23. The molecule has 0 unspecified atom stereocenters. The van der Waals surface area contributed by atoms with Gasteiger partial charge in [0.2, 0.25) is 10.0 Å². The average molecular weight is 419 g/mol. The van der Waals surface area contributed by atoms with E-state index in [0.717, 1.165) is 29.7 Å². The predicted molar refractivity (Wildman–Crippen MR) is 107 cm³/mol. The van der Waals surface area contributed by atoms with Crippen LogP contribution in [0.2, 0.25) is 5.02 Å². The highest BCUT2D eigenvalue weighted by atomic mass is 35.5. The van der Waals surface area contributed by atoms with E-state index in [1.807, 2.05) is 24.3 Å². The number of aromatic nitrogens is 4. The van der Waals surface area contributed by atoms with Gasteiger partial charge < -0.3 is 4.90 Å². The molecule has 3 aromatic rings. The summed E-state index contributed by atoms with van der Waals surface area (Å²) in [5.41, 5.74) is 1.52. The average Bonchev–Trinajstić information content (AvgIpc) is 3.48. The molecular formula is C18H19ClN6O2S. The van der Waals surface area contributed by atoms with E-state index in [1.165, 1.54) is 6.33 Å². The van der Waals surface area contributed by atoms with Crippen LogP contribution < -0.4 is 4.90 Å². The van der Waals surface area contributed by atoms with Crippen LogP contribution in [0.5, 0.6) is 0 Å². The number of halogens is 1. The third kappa shape index (κ3) is 3.03. The first kappa shape index (κ1) is 17.8. The summed E-state index contributed by atoms with van der Waals surface area (Å²) in [6.07, 6.45) is 4.85. The minimum atomic E-state index is -3.13. The number of rotatable bonds is 4. The maximum Gasteiger partial charge on any atom is 0.217 e. The van der Waals surface area contributed by atoms with Gasteiger partial charge in [-0.15, -0.1) is 0 Å². The summed E-state index contributed by atoms with van der Waals surface area (Å²) in [5, 5.41) is 5.77. The first-order chi connectivity index (χ1) is 13.5. The van der Waals surface area contributed by atoms with Gasteiger partial charge in [0, 0.05) is 31.2 Å². The number of anilines is 1. The van der Waals surface area contributed by atoms with Crippen molar-refractivity contribution in [3.05, 3.63) is 41.8 Å². The molecule has 2 fully saturated rings.